The number of hydrogen-bond acceptors (Lipinski definition) is 2. The summed E-state index contributed by atoms with van der Waals surface area (Å²) in [5.41, 5.74) is 0.953. The van der Waals surface area contributed by atoms with Crippen molar-refractivity contribution in [3.63, 3.8) is 0 Å². The number of carbonyl (C=O) groups is 2. The maximum absolute atomic E-state index is 12.1. The van der Waals surface area contributed by atoms with E-state index in [4.69, 9.17) is 16.7 Å². The van der Waals surface area contributed by atoms with Crippen molar-refractivity contribution >= 4 is 23.5 Å². The number of aryl methyl sites for hydroxylation is 1. The first-order chi connectivity index (χ1) is 9.58. The Labute approximate surface area is 123 Å². The molecule has 0 aliphatic carbocycles. The highest BCUT2D eigenvalue weighted by Gasteiger charge is 2.27. The van der Waals surface area contributed by atoms with Gasteiger partial charge in [-0.25, -0.2) is 0 Å². The molecule has 0 radical (unpaired) electrons. The van der Waals surface area contributed by atoms with Crippen LogP contribution in [0.5, 0.6) is 0 Å². The molecule has 2 rings (SSSR count). The predicted octanol–water partition coefficient (Wildman–Crippen LogP) is 2.60. The number of aliphatic carboxylic acids is 1. The standard InChI is InChI=1S/C15H18ClNO3/c16-13-6-2-1-4-11(13)7-8-14(18)17-9-3-5-12(10-17)15(19)20/h1-2,4,6,12H,3,5,7-10H2,(H,19,20)/t12-/m0/s1. The molecule has 0 bridgehead atoms. The lowest BCUT2D eigenvalue weighted by molar-refractivity contribution is -0.145. The van der Waals surface area contributed by atoms with Crippen LogP contribution in [0, 0.1) is 5.92 Å². The highest BCUT2D eigenvalue weighted by molar-refractivity contribution is 6.31. The highest BCUT2D eigenvalue weighted by Crippen LogP contribution is 2.20. The van der Waals surface area contributed by atoms with E-state index in [9.17, 15) is 9.59 Å². The molecule has 1 saturated heterocycles. The van der Waals surface area contributed by atoms with Crippen LogP contribution >= 0.6 is 11.6 Å². The van der Waals surface area contributed by atoms with Crippen molar-refractivity contribution in [3.8, 4) is 0 Å². The summed E-state index contributed by atoms with van der Waals surface area (Å²) in [6, 6.07) is 7.47. The SMILES string of the molecule is O=C(O)[C@H]1CCCN(C(=O)CCc2ccccc2Cl)C1. The van der Waals surface area contributed by atoms with E-state index >= 15 is 0 Å². The molecule has 1 aromatic carbocycles. The zero-order valence-corrected chi connectivity index (χ0v) is 12.0. The molecule has 108 valence electrons. The van der Waals surface area contributed by atoms with Gasteiger partial charge < -0.3 is 10.0 Å². The lowest BCUT2D eigenvalue weighted by Gasteiger charge is -2.30. The Morgan fingerprint density at radius 1 is 1.35 bits per heavy atom. The number of carboxylic acid groups (broad SMARTS) is 1. The van der Waals surface area contributed by atoms with Gasteiger partial charge in [-0.3, -0.25) is 9.59 Å². The lowest BCUT2D eigenvalue weighted by Crippen LogP contribution is -2.42. The molecular formula is C15H18ClNO3. The van der Waals surface area contributed by atoms with Crippen molar-refractivity contribution < 1.29 is 14.7 Å². The Morgan fingerprint density at radius 2 is 2.10 bits per heavy atom. The molecule has 1 atom stereocenters. The highest BCUT2D eigenvalue weighted by atomic mass is 35.5. The maximum Gasteiger partial charge on any atom is 0.308 e. The quantitative estimate of drug-likeness (QED) is 0.929. The first-order valence-corrected chi connectivity index (χ1v) is 7.19. The van der Waals surface area contributed by atoms with Crippen LogP contribution in [0.15, 0.2) is 24.3 Å². The molecule has 1 N–H and O–H groups in total. The summed E-state index contributed by atoms with van der Waals surface area (Å²) in [7, 11) is 0. The molecule has 4 nitrogen and oxygen atoms in total. The Balaban J connectivity index is 1.89. The zero-order valence-electron chi connectivity index (χ0n) is 11.2. The zero-order chi connectivity index (χ0) is 14.5. The number of amides is 1. The van der Waals surface area contributed by atoms with E-state index in [1.165, 1.54) is 0 Å². The van der Waals surface area contributed by atoms with Gasteiger partial charge in [0.1, 0.15) is 0 Å². The van der Waals surface area contributed by atoms with Crippen molar-refractivity contribution in [3.05, 3.63) is 34.9 Å². The van der Waals surface area contributed by atoms with E-state index in [2.05, 4.69) is 0 Å². The van der Waals surface area contributed by atoms with Gasteiger partial charge in [0.15, 0.2) is 0 Å². The number of halogens is 1. The van der Waals surface area contributed by atoms with Crippen LogP contribution in [-0.2, 0) is 16.0 Å². The summed E-state index contributed by atoms with van der Waals surface area (Å²) >= 11 is 6.06. The van der Waals surface area contributed by atoms with E-state index in [1.807, 2.05) is 24.3 Å². The first kappa shape index (κ1) is 14.9. The van der Waals surface area contributed by atoms with Crippen LogP contribution in [0.3, 0.4) is 0 Å². The molecule has 0 saturated carbocycles. The third-order valence-electron chi connectivity index (χ3n) is 3.69. The Kier molecular flexibility index (Phi) is 5.01. The summed E-state index contributed by atoms with van der Waals surface area (Å²) in [5, 5.41) is 9.70. The Bertz CT molecular complexity index is 504. The predicted molar refractivity (Wildman–Crippen MR) is 76.7 cm³/mol. The summed E-state index contributed by atoms with van der Waals surface area (Å²) < 4.78 is 0. The van der Waals surface area contributed by atoms with E-state index in [0.717, 1.165) is 12.0 Å². The minimum Gasteiger partial charge on any atom is -0.481 e. The van der Waals surface area contributed by atoms with Gasteiger partial charge in [0, 0.05) is 24.5 Å². The molecule has 1 aromatic rings. The molecule has 1 aliphatic heterocycles. The van der Waals surface area contributed by atoms with Crippen LogP contribution < -0.4 is 0 Å². The van der Waals surface area contributed by atoms with Crippen LogP contribution in [0.2, 0.25) is 5.02 Å². The molecule has 5 heteroatoms. The van der Waals surface area contributed by atoms with Crippen LogP contribution in [0.25, 0.3) is 0 Å². The van der Waals surface area contributed by atoms with Gasteiger partial charge in [0.2, 0.25) is 5.91 Å². The summed E-state index contributed by atoms with van der Waals surface area (Å²) in [4.78, 5) is 24.8. The summed E-state index contributed by atoms with van der Waals surface area (Å²) in [5.74, 6) is -1.22. The molecule has 0 aromatic heterocycles. The molecule has 1 heterocycles. The van der Waals surface area contributed by atoms with E-state index in [-0.39, 0.29) is 5.91 Å². The first-order valence-electron chi connectivity index (χ1n) is 6.82. The van der Waals surface area contributed by atoms with Crippen LogP contribution in [0.4, 0.5) is 0 Å². The molecular weight excluding hydrogens is 278 g/mol. The Morgan fingerprint density at radius 3 is 2.80 bits per heavy atom. The fourth-order valence-electron chi connectivity index (χ4n) is 2.51. The average Bonchev–Trinajstić information content (AvgIpc) is 2.46. The van der Waals surface area contributed by atoms with Gasteiger partial charge in [-0.05, 0) is 30.9 Å². The topological polar surface area (TPSA) is 57.6 Å². The molecule has 1 amide bonds. The number of benzene rings is 1. The largest absolute Gasteiger partial charge is 0.481 e. The smallest absolute Gasteiger partial charge is 0.308 e. The Hall–Kier alpha value is -1.55. The maximum atomic E-state index is 12.1. The second-order valence-corrected chi connectivity index (χ2v) is 5.52. The monoisotopic (exact) mass is 295 g/mol. The van der Waals surface area contributed by atoms with Gasteiger partial charge in [-0.2, -0.15) is 0 Å². The number of carboxylic acids is 1. The number of hydrogen-bond donors (Lipinski definition) is 1. The second kappa shape index (κ2) is 6.75. The van der Waals surface area contributed by atoms with Gasteiger partial charge in [-0.1, -0.05) is 29.8 Å². The molecule has 0 spiro atoms. The number of piperidine rings is 1. The van der Waals surface area contributed by atoms with E-state index < -0.39 is 11.9 Å². The normalized spacial score (nSPS) is 18.9. The number of likely N-dealkylation sites (tertiary alicyclic amines) is 1. The van der Waals surface area contributed by atoms with E-state index in [0.29, 0.717) is 37.4 Å². The van der Waals surface area contributed by atoms with Gasteiger partial charge in [0.05, 0.1) is 5.92 Å². The molecule has 20 heavy (non-hydrogen) atoms. The molecule has 1 fully saturated rings. The lowest BCUT2D eigenvalue weighted by atomic mass is 9.97. The van der Waals surface area contributed by atoms with Gasteiger partial charge in [-0.15, -0.1) is 0 Å². The fourth-order valence-corrected chi connectivity index (χ4v) is 2.74. The molecule has 1 aliphatic rings. The van der Waals surface area contributed by atoms with E-state index in [1.54, 1.807) is 4.90 Å². The minimum absolute atomic E-state index is 0.0101. The van der Waals surface area contributed by atoms with Crippen molar-refractivity contribution in [1.29, 1.82) is 0 Å². The summed E-state index contributed by atoms with van der Waals surface area (Å²) in [6.07, 6.45) is 2.38. The van der Waals surface area contributed by atoms with Crippen molar-refractivity contribution in [2.45, 2.75) is 25.7 Å². The number of carbonyl (C=O) groups excluding carboxylic acids is 1. The molecule has 0 unspecified atom stereocenters. The van der Waals surface area contributed by atoms with Crippen LogP contribution in [0.1, 0.15) is 24.8 Å². The van der Waals surface area contributed by atoms with Gasteiger partial charge in [0.25, 0.3) is 0 Å². The fraction of sp³-hybridized carbons (Fsp3) is 0.467. The minimum atomic E-state index is -0.811. The van der Waals surface area contributed by atoms with Crippen molar-refractivity contribution in [2.24, 2.45) is 5.92 Å². The third-order valence-corrected chi connectivity index (χ3v) is 4.06. The third kappa shape index (κ3) is 3.73. The van der Waals surface area contributed by atoms with Crippen molar-refractivity contribution in [1.82, 2.24) is 4.90 Å². The summed E-state index contributed by atoms with van der Waals surface area (Å²) in [6.45, 7) is 0.988. The number of nitrogens with zero attached hydrogens (tertiary/aromatic N) is 1. The van der Waals surface area contributed by atoms with Gasteiger partial charge >= 0.3 is 5.97 Å². The average molecular weight is 296 g/mol. The van der Waals surface area contributed by atoms with Crippen molar-refractivity contribution in [2.75, 3.05) is 13.1 Å². The van der Waals surface area contributed by atoms with Crippen LogP contribution in [-0.4, -0.2) is 35.0 Å². The number of rotatable bonds is 4. The second-order valence-electron chi connectivity index (χ2n) is 5.11.